The molecule has 1 unspecified atom stereocenters. The summed E-state index contributed by atoms with van der Waals surface area (Å²) in [5, 5.41) is 0. The molecule has 1 atom stereocenters. The summed E-state index contributed by atoms with van der Waals surface area (Å²) in [6, 6.07) is 6.62. The van der Waals surface area contributed by atoms with E-state index in [2.05, 4.69) is 66.8 Å². The molecule has 0 saturated heterocycles. The minimum absolute atomic E-state index is 0.214. The first kappa shape index (κ1) is 16.6. The largest absolute Gasteiger partial charge is 0.377 e. The maximum atomic E-state index is 5.94. The molecule has 0 aromatic heterocycles. The lowest BCUT2D eigenvalue weighted by Gasteiger charge is -2.28. The van der Waals surface area contributed by atoms with E-state index >= 15 is 0 Å². The van der Waals surface area contributed by atoms with Crippen LogP contribution in [0.2, 0.25) is 0 Å². The van der Waals surface area contributed by atoms with Crippen molar-refractivity contribution in [2.75, 3.05) is 26.7 Å². The second-order valence-electron chi connectivity index (χ2n) is 5.18. The van der Waals surface area contributed by atoms with Gasteiger partial charge in [0.2, 0.25) is 0 Å². The van der Waals surface area contributed by atoms with E-state index < -0.39 is 0 Å². The summed E-state index contributed by atoms with van der Waals surface area (Å²) < 4.78 is 6.72. The van der Waals surface area contributed by atoms with Crippen LogP contribution in [-0.2, 0) is 4.74 Å². The number of aryl methyl sites for hydroxylation is 1. The zero-order valence-corrected chi connectivity index (χ0v) is 13.9. The maximum Gasteiger partial charge on any atom is 0.0597 e. The zero-order chi connectivity index (χ0) is 14.4. The van der Waals surface area contributed by atoms with E-state index in [4.69, 9.17) is 10.5 Å². The third kappa shape index (κ3) is 5.22. The van der Waals surface area contributed by atoms with Crippen LogP contribution < -0.4 is 5.73 Å². The van der Waals surface area contributed by atoms with Crippen LogP contribution in [0.5, 0.6) is 0 Å². The first-order valence-electron chi connectivity index (χ1n) is 6.73. The Bertz CT molecular complexity index is 396. The van der Waals surface area contributed by atoms with Crippen LogP contribution in [0.3, 0.4) is 0 Å². The van der Waals surface area contributed by atoms with Crippen molar-refractivity contribution in [3.8, 4) is 0 Å². The molecule has 0 heterocycles. The van der Waals surface area contributed by atoms with Crippen molar-refractivity contribution in [3.05, 3.63) is 33.8 Å². The van der Waals surface area contributed by atoms with E-state index in [1.807, 2.05) is 0 Å². The van der Waals surface area contributed by atoms with Crippen LogP contribution in [0.25, 0.3) is 0 Å². The number of hydrogen-bond donors (Lipinski definition) is 1. The quantitative estimate of drug-likeness (QED) is 0.835. The van der Waals surface area contributed by atoms with E-state index in [0.717, 1.165) is 17.6 Å². The average molecular weight is 329 g/mol. The normalized spacial score (nSPS) is 13.3. The van der Waals surface area contributed by atoms with Crippen LogP contribution in [-0.4, -0.2) is 37.7 Å². The fourth-order valence-corrected chi connectivity index (χ4v) is 2.79. The van der Waals surface area contributed by atoms with Gasteiger partial charge in [0.15, 0.2) is 0 Å². The van der Waals surface area contributed by atoms with Crippen LogP contribution in [0, 0.1) is 6.92 Å². The number of hydrogen-bond acceptors (Lipinski definition) is 3. The molecule has 0 amide bonds. The molecular weight excluding hydrogens is 304 g/mol. The third-order valence-electron chi connectivity index (χ3n) is 3.17. The second-order valence-corrected chi connectivity index (χ2v) is 6.03. The molecule has 0 aliphatic carbocycles. The highest BCUT2D eigenvalue weighted by molar-refractivity contribution is 9.10. The van der Waals surface area contributed by atoms with Gasteiger partial charge < -0.3 is 10.5 Å². The Hall–Kier alpha value is -0.420. The highest BCUT2D eigenvalue weighted by atomic mass is 79.9. The minimum atomic E-state index is 0.214. The fraction of sp³-hybridized carbons (Fsp3) is 0.600. The van der Waals surface area contributed by atoms with E-state index in [9.17, 15) is 0 Å². The number of rotatable bonds is 7. The Kier molecular flexibility index (Phi) is 7.00. The molecule has 0 spiro atoms. The van der Waals surface area contributed by atoms with Gasteiger partial charge in [-0.15, -0.1) is 0 Å². The number of benzene rings is 1. The van der Waals surface area contributed by atoms with Gasteiger partial charge in [-0.05, 0) is 45.0 Å². The molecule has 0 saturated carbocycles. The summed E-state index contributed by atoms with van der Waals surface area (Å²) in [6.45, 7) is 8.40. The van der Waals surface area contributed by atoms with Gasteiger partial charge in [0.1, 0.15) is 0 Å². The molecule has 4 heteroatoms. The van der Waals surface area contributed by atoms with E-state index in [1.54, 1.807) is 0 Å². The Morgan fingerprint density at radius 1 is 1.37 bits per heavy atom. The molecule has 19 heavy (non-hydrogen) atoms. The lowest BCUT2D eigenvalue weighted by molar-refractivity contribution is 0.0563. The van der Waals surface area contributed by atoms with Gasteiger partial charge in [-0.3, -0.25) is 4.90 Å². The number of likely N-dealkylation sites (N-methyl/N-ethyl adjacent to an activating group) is 1. The number of halogens is 1. The number of nitrogens with two attached hydrogens (primary N) is 1. The summed E-state index contributed by atoms with van der Waals surface area (Å²) in [4.78, 5) is 2.25. The molecule has 0 radical (unpaired) electrons. The van der Waals surface area contributed by atoms with Gasteiger partial charge in [0, 0.05) is 23.6 Å². The van der Waals surface area contributed by atoms with Crippen LogP contribution in [0.15, 0.2) is 22.7 Å². The first-order valence-corrected chi connectivity index (χ1v) is 7.53. The predicted molar refractivity (Wildman–Crippen MR) is 84.4 cm³/mol. The smallest absolute Gasteiger partial charge is 0.0597 e. The second kappa shape index (κ2) is 8.00. The maximum absolute atomic E-state index is 5.94. The highest BCUT2D eigenvalue weighted by Crippen LogP contribution is 2.27. The van der Waals surface area contributed by atoms with Crippen molar-refractivity contribution < 1.29 is 4.74 Å². The summed E-state index contributed by atoms with van der Waals surface area (Å²) in [5.74, 6) is 0. The lowest BCUT2D eigenvalue weighted by Crippen LogP contribution is -2.33. The van der Waals surface area contributed by atoms with Crippen molar-refractivity contribution >= 4 is 15.9 Å². The van der Waals surface area contributed by atoms with Crippen molar-refractivity contribution in [2.45, 2.75) is 32.9 Å². The SMILES string of the molecule is Cc1ccc(C(CN)N(C)CCOC(C)C)c(Br)c1. The molecule has 3 nitrogen and oxygen atoms in total. The molecule has 108 valence electrons. The van der Waals surface area contributed by atoms with Gasteiger partial charge in [-0.25, -0.2) is 0 Å². The Labute approximate surface area is 125 Å². The molecule has 0 aliphatic heterocycles. The molecule has 0 fully saturated rings. The number of nitrogens with zero attached hydrogens (tertiary/aromatic N) is 1. The van der Waals surface area contributed by atoms with Crippen molar-refractivity contribution in [2.24, 2.45) is 5.73 Å². The predicted octanol–water partition coefficient (Wildman–Crippen LogP) is 3.11. The topological polar surface area (TPSA) is 38.5 Å². The van der Waals surface area contributed by atoms with E-state index in [0.29, 0.717) is 6.54 Å². The molecule has 0 bridgehead atoms. The molecular formula is C15H25BrN2O. The Balaban J connectivity index is 2.70. The summed E-state index contributed by atoms with van der Waals surface area (Å²) in [5.41, 5.74) is 8.42. The third-order valence-corrected chi connectivity index (χ3v) is 3.85. The van der Waals surface area contributed by atoms with Gasteiger partial charge in [0.25, 0.3) is 0 Å². The Morgan fingerprint density at radius 2 is 2.05 bits per heavy atom. The van der Waals surface area contributed by atoms with Crippen LogP contribution >= 0.6 is 15.9 Å². The standard InChI is InChI=1S/C15H25BrN2O/c1-11(2)19-8-7-18(4)15(10-17)13-6-5-12(3)9-14(13)16/h5-6,9,11,15H,7-8,10,17H2,1-4H3. The van der Waals surface area contributed by atoms with Crippen LogP contribution in [0.4, 0.5) is 0 Å². The average Bonchev–Trinajstić information content (AvgIpc) is 2.32. The Morgan fingerprint density at radius 3 is 2.58 bits per heavy atom. The monoisotopic (exact) mass is 328 g/mol. The van der Waals surface area contributed by atoms with Crippen molar-refractivity contribution in [1.29, 1.82) is 0 Å². The van der Waals surface area contributed by atoms with Gasteiger partial charge >= 0.3 is 0 Å². The molecule has 2 N–H and O–H groups in total. The summed E-state index contributed by atoms with van der Waals surface area (Å²) >= 11 is 3.63. The molecule has 1 aromatic carbocycles. The molecule has 0 aliphatic rings. The highest BCUT2D eigenvalue weighted by Gasteiger charge is 2.17. The lowest BCUT2D eigenvalue weighted by atomic mass is 10.0. The van der Waals surface area contributed by atoms with Gasteiger partial charge in [-0.2, -0.15) is 0 Å². The first-order chi connectivity index (χ1) is 8.95. The van der Waals surface area contributed by atoms with E-state index in [1.165, 1.54) is 11.1 Å². The van der Waals surface area contributed by atoms with Crippen molar-refractivity contribution in [1.82, 2.24) is 4.90 Å². The van der Waals surface area contributed by atoms with Crippen molar-refractivity contribution in [3.63, 3.8) is 0 Å². The fourth-order valence-electron chi connectivity index (χ4n) is 2.03. The van der Waals surface area contributed by atoms with Gasteiger partial charge in [-0.1, -0.05) is 28.1 Å². The number of ether oxygens (including phenoxy) is 1. The van der Waals surface area contributed by atoms with Gasteiger partial charge in [0.05, 0.1) is 12.7 Å². The molecule has 1 aromatic rings. The van der Waals surface area contributed by atoms with E-state index in [-0.39, 0.29) is 12.1 Å². The minimum Gasteiger partial charge on any atom is -0.377 e. The van der Waals surface area contributed by atoms with Crippen LogP contribution in [0.1, 0.15) is 31.0 Å². The zero-order valence-electron chi connectivity index (χ0n) is 12.3. The molecule has 1 rings (SSSR count). The summed E-state index contributed by atoms with van der Waals surface area (Å²) in [6.07, 6.45) is 0.274. The summed E-state index contributed by atoms with van der Waals surface area (Å²) in [7, 11) is 2.09.